The smallest absolute Gasteiger partial charge is 0.374 e. The molecule has 0 saturated heterocycles. The van der Waals surface area contributed by atoms with E-state index < -0.39 is 16.4 Å². The SMILES string of the molecule is NNc1ncnc(Oc2ccc(F)cc2)c1[N+](=O)[O-]. The molecule has 0 aliphatic heterocycles. The van der Waals surface area contributed by atoms with Crippen molar-refractivity contribution in [1.29, 1.82) is 0 Å². The number of benzene rings is 1. The van der Waals surface area contributed by atoms with E-state index in [-0.39, 0.29) is 17.4 Å². The summed E-state index contributed by atoms with van der Waals surface area (Å²) >= 11 is 0. The molecular weight excluding hydrogens is 257 g/mol. The van der Waals surface area contributed by atoms with Crippen LogP contribution in [0, 0.1) is 15.9 Å². The Bertz CT molecular complexity index is 605. The monoisotopic (exact) mass is 265 g/mol. The van der Waals surface area contributed by atoms with Gasteiger partial charge < -0.3 is 10.2 Å². The largest absolute Gasteiger partial charge is 0.434 e. The molecule has 0 saturated carbocycles. The van der Waals surface area contributed by atoms with Crippen LogP contribution in [0.15, 0.2) is 30.6 Å². The maximum Gasteiger partial charge on any atom is 0.374 e. The fourth-order valence-corrected chi connectivity index (χ4v) is 1.32. The Morgan fingerprint density at radius 1 is 1.32 bits per heavy atom. The quantitative estimate of drug-likeness (QED) is 0.490. The lowest BCUT2D eigenvalue weighted by Gasteiger charge is -2.06. The van der Waals surface area contributed by atoms with Crippen molar-refractivity contribution in [2.75, 3.05) is 5.43 Å². The second kappa shape index (κ2) is 5.23. The molecule has 0 radical (unpaired) electrons. The molecule has 0 bridgehead atoms. The van der Waals surface area contributed by atoms with Crippen LogP contribution in [0.25, 0.3) is 0 Å². The van der Waals surface area contributed by atoms with Crippen LogP contribution in [0.1, 0.15) is 0 Å². The van der Waals surface area contributed by atoms with Gasteiger partial charge in [-0.1, -0.05) is 0 Å². The van der Waals surface area contributed by atoms with Crippen LogP contribution >= 0.6 is 0 Å². The normalized spacial score (nSPS) is 10.0. The number of aromatic nitrogens is 2. The lowest BCUT2D eigenvalue weighted by atomic mass is 10.3. The van der Waals surface area contributed by atoms with E-state index in [1.54, 1.807) is 0 Å². The van der Waals surface area contributed by atoms with E-state index in [1.807, 2.05) is 0 Å². The van der Waals surface area contributed by atoms with Crippen molar-refractivity contribution in [3.63, 3.8) is 0 Å². The average molecular weight is 265 g/mol. The van der Waals surface area contributed by atoms with Crippen molar-refractivity contribution in [1.82, 2.24) is 9.97 Å². The number of anilines is 1. The Labute approximate surface area is 106 Å². The van der Waals surface area contributed by atoms with Crippen molar-refractivity contribution in [3.05, 3.63) is 46.5 Å². The Hall–Kier alpha value is -2.81. The fraction of sp³-hybridized carbons (Fsp3) is 0. The van der Waals surface area contributed by atoms with Gasteiger partial charge in [0.1, 0.15) is 17.9 Å². The van der Waals surface area contributed by atoms with Crippen molar-refractivity contribution in [3.8, 4) is 11.6 Å². The Morgan fingerprint density at radius 3 is 2.58 bits per heavy atom. The summed E-state index contributed by atoms with van der Waals surface area (Å²) in [5.41, 5.74) is 1.57. The summed E-state index contributed by atoms with van der Waals surface area (Å²) in [5, 5.41) is 10.9. The van der Waals surface area contributed by atoms with Gasteiger partial charge in [0.15, 0.2) is 0 Å². The van der Waals surface area contributed by atoms with Crippen LogP contribution in [0.4, 0.5) is 15.9 Å². The predicted molar refractivity (Wildman–Crippen MR) is 63.0 cm³/mol. The molecule has 1 aromatic carbocycles. The molecule has 98 valence electrons. The Morgan fingerprint density at radius 2 is 2.00 bits per heavy atom. The number of nitrogens with two attached hydrogens (primary N) is 1. The molecule has 1 aromatic heterocycles. The van der Waals surface area contributed by atoms with Crippen LogP contribution < -0.4 is 16.0 Å². The van der Waals surface area contributed by atoms with Crippen molar-refractivity contribution < 1.29 is 14.1 Å². The number of nitrogens with one attached hydrogen (secondary N) is 1. The molecule has 0 unspecified atom stereocenters. The van der Waals surface area contributed by atoms with Gasteiger partial charge in [0.2, 0.25) is 5.82 Å². The molecule has 1 heterocycles. The van der Waals surface area contributed by atoms with E-state index in [9.17, 15) is 14.5 Å². The van der Waals surface area contributed by atoms with Gasteiger partial charge in [0.25, 0.3) is 0 Å². The number of nitrogens with zero attached hydrogens (tertiary/aromatic N) is 3. The minimum absolute atomic E-state index is 0.183. The molecule has 3 N–H and O–H groups in total. The Kier molecular flexibility index (Phi) is 3.48. The predicted octanol–water partition coefficient (Wildman–Crippen LogP) is 1.60. The first kappa shape index (κ1) is 12.6. The van der Waals surface area contributed by atoms with Crippen molar-refractivity contribution in [2.24, 2.45) is 5.84 Å². The van der Waals surface area contributed by atoms with Crippen LogP contribution in [-0.2, 0) is 0 Å². The third kappa shape index (κ3) is 2.72. The first-order valence-corrected chi connectivity index (χ1v) is 5.01. The number of rotatable bonds is 4. The second-order valence-corrected chi connectivity index (χ2v) is 3.33. The fourth-order valence-electron chi connectivity index (χ4n) is 1.32. The van der Waals surface area contributed by atoms with Crippen LogP contribution in [0.3, 0.4) is 0 Å². The molecule has 0 spiro atoms. The van der Waals surface area contributed by atoms with Gasteiger partial charge in [-0.25, -0.2) is 15.2 Å². The molecule has 0 aliphatic carbocycles. The molecule has 0 fully saturated rings. The number of hydrazine groups is 1. The maximum absolute atomic E-state index is 12.7. The van der Waals surface area contributed by atoms with Crippen LogP contribution in [0.5, 0.6) is 11.6 Å². The van der Waals surface area contributed by atoms with Gasteiger partial charge in [0.05, 0.1) is 4.92 Å². The number of nitrogen functional groups attached to an aromatic ring is 1. The highest BCUT2D eigenvalue weighted by Gasteiger charge is 2.24. The van der Waals surface area contributed by atoms with Crippen molar-refractivity contribution in [2.45, 2.75) is 0 Å². The molecule has 8 nitrogen and oxygen atoms in total. The standard InChI is InChI=1S/C10H8FN5O3/c11-6-1-3-7(4-2-6)19-10-8(16(17)18)9(15-12)13-5-14-10/h1-5H,12H2,(H,13,14,15). The lowest BCUT2D eigenvalue weighted by Crippen LogP contribution is -2.12. The average Bonchev–Trinajstić information content (AvgIpc) is 2.40. The minimum Gasteiger partial charge on any atom is -0.434 e. The number of ether oxygens (including phenoxy) is 1. The maximum atomic E-state index is 12.7. The zero-order chi connectivity index (χ0) is 13.8. The highest BCUT2D eigenvalue weighted by Crippen LogP contribution is 2.33. The highest BCUT2D eigenvalue weighted by atomic mass is 19.1. The second-order valence-electron chi connectivity index (χ2n) is 3.33. The van der Waals surface area contributed by atoms with Crippen LogP contribution in [0.2, 0.25) is 0 Å². The van der Waals surface area contributed by atoms with E-state index in [2.05, 4.69) is 15.4 Å². The summed E-state index contributed by atoms with van der Waals surface area (Å²) in [6.45, 7) is 0. The third-order valence-electron chi connectivity index (χ3n) is 2.14. The summed E-state index contributed by atoms with van der Waals surface area (Å²) in [6, 6.07) is 4.95. The molecule has 0 amide bonds. The molecule has 2 aromatic rings. The number of nitro groups is 1. The zero-order valence-corrected chi connectivity index (χ0v) is 9.41. The zero-order valence-electron chi connectivity index (χ0n) is 9.41. The summed E-state index contributed by atoms with van der Waals surface area (Å²) in [7, 11) is 0. The molecule has 2 rings (SSSR count). The molecular formula is C10H8FN5O3. The summed E-state index contributed by atoms with van der Waals surface area (Å²) in [6.07, 6.45) is 1.06. The van der Waals surface area contributed by atoms with Gasteiger partial charge in [-0.15, -0.1) is 0 Å². The lowest BCUT2D eigenvalue weighted by molar-refractivity contribution is -0.385. The minimum atomic E-state index is -0.728. The molecule has 0 aliphatic rings. The molecule has 19 heavy (non-hydrogen) atoms. The summed E-state index contributed by atoms with van der Waals surface area (Å²) < 4.78 is 17.9. The van der Waals surface area contributed by atoms with Crippen molar-refractivity contribution >= 4 is 11.5 Å². The van der Waals surface area contributed by atoms with Gasteiger partial charge in [-0.2, -0.15) is 4.98 Å². The first-order chi connectivity index (χ1) is 9.11. The third-order valence-corrected chi connectivity index (χ3v) is 2.14. The molecule has 0 atom stereocenters. The van der Waals surface area contributed by atoms with E-state index in [1.165, 1.54) is 12.1 Å². The van der Waals surface area contributed by atoms with Gasteiger partial charge in [0, 0.05) is 0 Å². The molecule has 9 heteroatoms. The number of halogens is 1. The number of hydrogen-bond donors (Lipinski definition) is 2. The van der Waals surface area contributed by atoms with E-state index >= 15 is 0 Å². The highest BCUT2D eigenvalue weighted by molar-refractivity contribution is 5.61. The van der Waals surface area contributed by atoms with Gasteiger partial charge in [-0.3, -0.25) is 10.1 Å². The van der Waals surface area contributed by atoms with E-state index in [0.29, 0.717) is 0 Å². The van der Waals surface area contributed by atoms with Gasteiger partial charge in [-0.05, 0) is 24.3 Å². The van der Waals surface area contributed by atoms with Crippen LogP contribution in [-0.4, -0.2) is 14.9 Å². The summed E-state index contributed by atoms with van der Waals surface area (Å²) in [4.78, 5) is 17.5. The van der Waals surface area contributed by atoms with E-state index in [4.69, 9.17) is 10.6 Å². The topological polar surface area (TPSA) is 116 Å². The van der Waals surface area contributed by atoms with Gasteiger partial charge >= 0.3 is 11.6 Å². The summed E-state index contributed by atoms with van der Waals surface area (Å²) in [5.74, 6) is 4.40. The van der Waals surface area contributed by atoms with E-state index in [0.717, 1.165) is 18.5 Å². The number of hydrogen-bond acceptors (Lipinski definition) is 7. The Balaban J connectivity index is 2.39. The first-order valence-electron chi connectivity index (χ1n) is 5.01.